The van der Waals surface area contributed by atoms with Gasteiger partial charge in [0.2, 0.25) is 5.91 Å². The number of nitrogens with one attached hydrogen (secondary N) is 1. The maximum Gasteiger partial charge on any atom is 0.224 e. The average Bonchev–Trinajstić information content (AvgIpc) is 2.76. The van der Waals surface area contributed by atoms with E-state index < -0.39 is 15.8 Å². The SMILES string of the molecule is CN(C)c1ncccc1CNC(=O)C1CCS(=O)(=O)C1. The Morgan fingerprint density at radius 1 is 1.50 bits per heavy atom. The zero-order chi connectivity index (χ0) is 14.8. The lowest BCUT2D eigenvalue weighted by molar-refractivity contribution is -0.124. The Morgan fingerprint density at radius 3 is 2.85 bits per heavy atom. The first-order valence-corrected chi connectivity index (χ1v) is 8.30. The molecule has 2 heterocycles. The molecule has 1 fully saturated rings. The maximum absolute atomic E-state index is 12.0. The van der Waals surface area contributed by atoms with Crippen molar-refractivity contribution in [3.63, 3.8) is 0 Å². The molecule has 1 aromatic heterocycles. The summed E-state index contributed by atoms with van der Waals surface area (Å²) in [5, 5.41) is 2.80. The summed E-state index contributed by atoms with van der Waals surface area (Å²) >= 11 is 0. The molecule has 110 valence electrons. The van der Waals surface area contributed by atoms with E-state index in [2.05, 4.69) is 10.3 Å². The zero-order valence-electron chi connectivity index (χ0n) is 11.7. The van der Waals surface area contributed by atoms with Crippen molar-refractivity contribution in [2.24, 2.45) is 5.92 Å². The lowest BCUT2D eigenvalue weighted by atomic mass is 10.1. The molecular weight excluding hydrogens is 278 g/mol. The van der Waals surface area contributed by atoms with Gasteiger partial charge in [-0.1, -0.05) is 6.07 Å². The van der Waals surface area contributed by atoms with E-state index in [0.717, 1.165) is 11.4 Å². The number of rotatable bonds is 4. The van der Waals surface area contributed by atoms with Gasteiger partial charge in [0.1, 0.15) is 5.82 Å². The van der Waals surface area contributed by atoms with Crippen LogP contribution in [0.2, 0.25) is 0 Å². The summed E-state index contributed by atoms with van der Waals surface area (Å²) in [5.41, 5.74) is 0.909. The number of sulfone groups is 1. The molecule has 0 bridgehead atoms. The van der Waals surface area contributed by atoms with Crippen molar-refractivity contribution in [1.82, 2.24) is 10.3 Å². The zero-order valence-corrected chi connectivity index (χ0v) is 12.5. The molecule has 6 nitrogen and oxygen atoms in total. The second-order valence-electron chi connectivity index (χ2n) is 5.20. The molecule has 7 heteroatoms. The van der Waals surface area contributed by atoms with Gasteiger partial charge in [-0.15, -0.1) is 0 Å². The molecule has 0 spiro atoms. The molecule has 1 aliphatic heterocycles. The molecule has 1 aliphatic rings. The monoisotopic (exact) mass is 297 g/mol. The van der Waals surface area contributed by atoms with Gasteiger partial charge in [0.05, 0.1) is 17.4 Å². The van der Waals surface area contributed by atoms with Crippen LogP contribution in [0.3, 0.4) is 0 Å². The number of carbonyl (C=O) groups is 1. The fourth-order valence-electron chi connectivity index (χ4n) is 2.30. The van der Waals surface area contributed by atoms with E-state index in [1.807, 2.05) is 31.1 Å². The van der Waals surface area contributed by atoms with Gasteiger partial charge >= 0.3 is 0 Å². The molecule has 0 saturated carbocycles. The second kappa shape index (κ2) is 5.78. The minimum Gasteiger partial charge on any atom is -0.362 e. The molecule has 1 saturated heterocycles. The Hall–Kier alpha value is -1.63. The van der Waals surface area contributed by atoms with Crippen molar-refractivity contribution in [1.29, 1.82) is 0 Å². The van der Waals surface area contributed by atoms with Gasteiger partial charge in [-0.2, -0.15) is 0 Å². The Balaban J connectivity index is 1.98. The largest absolute Gasteiger partial charge is 0.362 e. The number of hydrogen-bond donors (Lipinski definition) is 1. The minimum absolute atomic E-state index is 0.0353. The third-order valence-corrected chi connectivity index (χ3v) is 5.12. The molecule has 2 rings (SSSR count). The van der Waals surface area contributed by atoms with E-state index in [4.69, 9.17) is 0 Å². The first kappa shape index (κ1) is 14.8. The lowest BCUT2D eigenvalue weighted by Gasteiger charge is -2.16. The van der Waals surface area contributed by atoms with E-state index in [1.54, 1.807) is 6.20 Å². The predicted molar refractivity (Wildman–Crippen MR) is 77.2 cm³/mol. The first-order chi connectivity index (χ1) is 9.39. The van der Waals surface area contributed by atoms with Gasteiger partial charge in [0.25, 0.3) is 0 Å². The smallest absolute Gasteiger partial charge is 0.224 e. The minimum atomic E-state index is -3.03. The fraction of sp³-hybridized carbons (Fsp3) is 0.538. The highest BCUT2D eigenvalue weighted by molar-refractivity contribution is 7.91. The number of amides is 1. The van der Waals surface area contributed by atoms with E-state index in [0.29, 0.717) is 13.0 Å². The molecule has 1 unspecified atom stereocenters. The molecule has 20 heavy (non-hydrogen) atoms. The summed E-state index contributed by atoms with van der Waals surface area (Å²) in [6, 6.07) is 3.71. The summed E-state index contributed by atoms with van der Waals surface area (Å²) in [5.74, 6) is 0.263. The quantitative estimate of drug-likeness (QED) is 0.859. The van der Waals surface area contributed by atoms with Crippen LogP contribution in [0.1, 0.15) is 12.0 Å². The second-order valence-corrected chi connectivity index (χ2v) is 7.43. The van der Waals surface area contributed by atoms with Crippen LogP contribution >= 0.6 is 0 Å². The third-order valence-electron chi connectivity index (χ3n) is 3.35. The standard InChI is InChI=1S/C13H19N3O3S/c1-16(2)12-10(4-3-6-14-12)8-15-13(17)11-5-7-20(18,19)9-11/h3-4,6,11H,5,7-9H2,1-2H3,(H,15,17). The van der Waals surface area contributed by atoms with Crippen molar-refractivity contribution in [3.05, 3.63) is 23.9 Å². The van der Waals surface area contributed by atoms with Crippen LogP contribution < -0.4 is 10.2 Å². The fourth-order valence-corrected chi connectivity index (χ4v) is 4.04. The molecule has 1 aromatic rings. The van der Waals surface area contributed by atoms with E-state index in [1.165, 1.54) is 0 Å². The molecule has 1 N–H and O–H groups in total. The molecule has 1 atom stereocenters. The van der Waals surface area contributed by atoms with Crippen molar-refractivity contribution in [3.8, 4) is 0 Å². The average molecular weight is 297 g/mol. The number of hydrogen-bond acceptors (Lipinski definition) is 5. The highest BCUT2D eigenvalue weighted by Crippen LogP contribution is 2.19. The van der Waals surface area contributed by atoms with E-state index in [-0.39, 0.29) is 17.4 Å². The Labute approximate surface area is 119 Å². The number of pyridine rings is 1. The van der Waals surface area contributed by atoms with Crippen LogP contribution in [-0.2, 0) is 21.2 Å². The normalized spacial score (nSPS) is 20.6. The highest BCUT2D eigenvalue weighted by atomic mass is 32.2. The van der Waals surface area contributed by atoms with Crippen LogP contribution in [0.15, 0.2) is 18.3 Å². The van der Waals surface area contributed by atoms with Crippen molar-refractivity contribution >= 4 is 21.6 Å². The topological polar surface area (TPSA) is 79.4 Å². The van der Waals surface area contributed by atoms with E-state index in [9.17, 15) is 13.2 Å². The van der Waals surface area contributed by atoms with Gasteiger partial charge in [-0.3, -0.25) is 4.79 Å². The lowest BCUT2D eigenvalue weighted by Crippen LogP contribution is -2.31. The summed E-state index contributed by atoms with van der Waals surface area (Å²) < 4.78 is 22.7. The molecule has 0 radical (unpaired) electrons. The van der Waals surface area contributed by atoms with Gasteiger partial charge < -0.3 is 10.2 Å². The summed E-state index contributed by atoms with van der Waals surface area (Å²) in [7, 11) is 0.746. The van der Waals surface area contributed by atoms with E-state index >= 15 is 0 Å². The predicted octanol–water partition coefficient (Wildman–Crippen LogP) is 0.198. The first-order valence-electron chi connectivity index (χ1n) is 6.48. The van der Waals surface area contributed by atoms with Crippen LogP contribution in [0.5, 0.6) is 0 Å². The molecule has 0 aliphatic carbocycles. The Bertz CT molecular complexity index is 599. The van der Waals surface area contributed by atoms with Gasteiger partial charge in [0.15, 0.2) is 9.84 Å². The number of anilines is 1. The Kier molecular flexibility index (Phi) is 4.27. The van der Waals surface area contributed by atoms with Crippen LogP contribution in [0, 0.1) is 5.92 Å². The van der Waals surface area contributed by atoms with Gasteiger partial charge in [-0.05, 0) is 12.5 Å². The number of carbonyl (C=O) groups excluding carboxylic acids is 1. The van der Waals surface area contributed by atoms with Crippen LogP contribution in [0.4, 0.5) is 5.82 Å². The van der Waals surface area contributed by atoms with Gasteiger partial charge in [-0.25, -0.2) is 13.4 Å². The number of nitrogens with zero attached hydrogens (tertiary/aromatic N) is 2. The summed E-state index contributed by atoms with van der Waals surface area (Å²) in [4.78, 5) is 18.1. The van der Waals surface area contributed by atoms with Gasteiger partial charge in [0, 0.05) is 32.4 Å². The van der Waals surface area contributed by atoms with Crippen molar-refractivity contribution < 1.29 is 13.2 Å². The highest BCUT2D eigenvalue weighted by Gasteiger charge is 2.32. The number of aromatic nitrogens is 1. The van der Waals surface area contributed by atoms with Crippen LogP contribution in [-0.4, -0.2) is 44.9 Å². The molecule has 1 amide bonds. The summed E-state index contributed by atoms with van der Waals surface area (Å²) in [6.07, 6.45) is 2.12. The van der Waals surface area contributed by atoms with Crippen LogP contribution in [0.25, 0.3) is 0 Å². The molecule has 0 aromatic carbocycles. The van der Waals surface area contributed by atoms with Crippen molar-refractivity contribution in [2.75, 3.05) is 30.5 Å². The molecular formula is C13H19N3O3S. The summed E-state index contributed by atoms with van der Waals surface area (Å²) in [6.45, 7) is 0.358. The third kappa shape index (κ3) is 3.47. The maximum atomic E-state index is 12.0. The Morgan fingerprint density at radius 2 is 2.25 bits per heavy atom. The van der Waals surface area contributed by atoms with Crippen molar-refractivity contribution in [2.45, 2.75) is 13.0 Å².